The van der Waals surface area contributed by atoms with E-state index in [1.165, 1.54) is 51.7 Å². The molecule has 3 saturated heterocycles. The third-order valence-electron chi connectivity index (χ3n) is 5.90. The molecule has 1 N–H and O–H groups in total. The first-order valence-electron chi connectivity index (χ1n) is 8.39. The number of nitrogens with zero attached hydrogens (tertiary/aromatic N) is 2. The second-order valence-corrected chi connectivity index (χ2v) is 7.22. The zero-order chi connectivity index (χ0) is 14.0. The van der Waals surface area contributed by atoms with Crippen molar-refractivity contribution in [1.82, 2.24) is 15.1 Å². The highest BCUT2D eigenvalue weighted by Gasteiger charge is 2.38. The minimum Gasteiger partial charge on any atom is -0.381 e. The molecule has 2 bridgehead atoms. The van der Waals surface area contributed by atoms with Crippen LogP contribution in [0.4, 0.5) is 0 Å². The lowest BCUT2D eigenvalue weighted by Gasteiger charge is -2.41. The highest BCUT2D eigenvalue weighted by Crippen LogP contribution is 2.34. The van der Waals surface area contributed by atoms with E-state index in [0.29, 0.717) is 5.41 Å². The van der Waals surface area contributed by atoms with E-state index in [0.717, 1.165) is 31.8 Å². The van der Waals surface area contributed by atoms with Crippen LogP contribution in [0.1, 0.15) is 32.1 Å². The Bertz CT molecular complexity index is 311. The van der Waals surface area contributed by atoms with Crippen molar-refractivity contribution in [3.05, 3.63) is 0 Å². The van der Waals surface area contributed by atoms with Gasteiger partial charge in [-0.15, -0.1) is 0 Å². The van der Waals surface area contributed by atoms with Gasteiger partial charge in [-0.05, 0) is 58.2 Å². The molecular formula is C16H31N3O. The number of fused-ring (bicyclic) bond motifs is 2. The van der Waals surface area contributed by atoms with Crippen molar-refractivity contribution in [2.24, 2.45) is 5.41 Å². The van der Waals surface area contributed by atoms with Crippen LogP contribution in [0.25, 0.3) is 0 Å². The van der Waals surface area contributed by atoms with E-state index < -0.39 is 0 Å². The quantitative estimate of drug-likeness (QED) is 0.837. The van der Waals surface area contributed by atoms with Gasteiger partial charge in [0, 0.05) is 44.9 Å². The van der Waals surface area contributed by atoms with Crippen LogP contribution in [-0.4, -0.2) is 75.4 Å². The summed E-state index contributed by atoms with van der Waals surface area (Å²) >= 11 is 0. The Morgan fingerprint density at radius 3 is 2.65 bits per heavy atom. The van der Waals surface area contributed by atoms with Gasteiger partial charge >= 0.3 is 0 Å². The van der Waals surface area contributed by atoms with Crippen molar-refractivity contribution < 1.29 is 4.74 Å². The Morgan fingerprint density at radius 1 is 1.15 bits per heavy atom. The van der Waals surface area contributed by atoms with Gasteiger partial charge in [-0.3, -0.25) is 4.90 Å². The van der Waals surface area contributed by atoms with E-state index in [1.54, 1.807) is 0 Å². The molecule has 3 rings (SSSR count). The second kappa shape index (κ2) is 6.30. The number of ether oxygens (including phenoxy) is 1. The summed E-state index contributed by atoms with van der Waals surface area (Å²) in [5.41, 5.74) is 0.440. The molecule has 4 nitrogen and oxygen atoms in total. The van der Waals surface area contributed by atoms with E-state index in [9.17, 15) is 0 Å². The maximum atomic E-state index is 5.60. The van der Waals surface area contributed by atoms with Crippen LogP contribution in [0.3, 0.4) is 0 Å². The predicted molar refractivity (Wildman–Crippen MR) is 82.0 cm³/mol. The van der Waals surface area contributed by atoms with Gasteiger partial charge < -0.3 is 15.0 Å². The van der Waals surface area contributed by atoms with Gasteiger partial charge in [0.1, 0.15) is 0 Å². The fourth-order valence-electron chi connectivity index (χ4n) is 4.57. The first kappa shape index (κ1) is 14.8. The minimum absolute atomic E-state index is 0.440. The summed E-state index contributed by atoms with van der Waals surface area (Å²) in [4.78, 5) is 5.40. The molecule has 0 aliphatic carbocycles. The van der Waals surface area contributed by atoms with Gasteiger partial charge in [0.2, 0.25) is 0 Å². The van der Waals surface area contributed by atoms with Gasteiger partial charge in [-0.1, -0.05) is 0 Å². The standard InChI is InChI=1S/C16H31N3O/c1-17-12-16(6-9-20-10-7-16)13-19-8-5-14-3-4-15(11-19)18(14)2/h14-15,17H,3-13H2,1-2H3. The van der Waals surface area contributed by atoms with Gasteiger partial charge in [-0.2, -0.15) is 0 Å². The third kappa shape index (κ3) is 3.03. The molecule has 4 heteroatoms. The normalized spacial score (nSPS) is 35.1. The van der Waals surface area contributed by atoms with Crippen LogP contribution in [-0.2, 0) is 4.74 Å². The highest BCUT2D eigenvalue weighted by atomic mass is 16.5. The molecule has 116 valence electrons. The van der Waals surface area contributed by atoms with Crippen molar-refractivity contribution in [1.29, 1.82) is 0 Å². The van der Waals surface area contributed by atoms with Gasteiger partial charge in [0.15, 0.2) is 0 Å². The monoisotopic (exact) mass is 281 g/mol. The van der Waals surface area contributed by atoms with Gasteiger partial charge in [0.25, 0.3) is 0 Å². The molecule has 3 heterocycles. The molecule has 3 aliphatic heterocycles. The number of nitrogens with one attached hydrogen (secondary N) is 1. The van der Waals surface area contributed by atoms with Crippen LogP contribution in [0.15, 0.2) is 0 Å². The summed E-state index contributed by atoms with van der Waals surface area (Å²) in [5.74, 6) is 0. The molecule has 0 amide bonds. The van der Waals surface area contributed by atoms with Crippen molar-refractivity contribution in [3.8, 4) is 0 Å². The van der Waals surface area contributed by atoms with Crippen molar-refractivity contribution in [3.63, 3.8) is 0 Å². The van der Waals surface area contributed by atoms with E-state index in [-0.39, 0.29) is 0 Å². The topological polar surface area (TPSA) is 27.7 Å². The number of hydrogen-bond acceptors (Lipinski definition) is 4. The number of likely N-dealkylation sites (N-methyl/N-ethyl adjacent to an activating group) is 1. The molecule has 2 unspecified atom stereocenters. The number of rotatable bonds is 4. The van der Waals surface area contributed by atoms with Gasteiger partial charge in [-0.25, -0.2) is 0 Å². The summed E-state index contributed by atoms with van der Waals surface area (Å²) in [5, 5.41) is 3.43. The average molecular weight is 281 g/mol. The van der Waals surface area contributed by atoms with E-state index in [4.69, 9.17) is 4.74 Å². The van der Waals surface area contributed by atoms with E-state index in [2.05, 4.69) is 29.2 Å². The van der Waals surface area contributed by atoms with Crippen LogP contribution in [0, 0.1) is 5.41 Å². The Hall–Kier alpha value is -0.160. The number of hydrogen-bond donors (Lipinski definition) is 1. The molecule has 3 aliphatic rings. The van der Waals surface area contributed by atoms with Crippen molar-refractivity contribution in [2.45, 2.75) is 44.2 Å². The smallest absolute Gasteiger partial charge is 0.0472 e. The van der Waals surface area contributed by atoms with E-state index in [1.807, 2.05) is 0 Å². The molecular weight excluding hydrogens is 250 g/mol. The van der Waals surface area contributed by atoms with Crippen LogP contribution < -0.4 is 5.32 Å². The maximum Gasteiger partial charge on any atom is 0.0472 e. The van der Waals surface area contributed by atoms with Crippen LogP contribution in [0.5, 0.6) is 0 Å². The zero-order valence-electron chi connectivity index (χ0n) is 13.2. The molecule has 0 aromatic heterocycles. The molecule has 0 saturated carbocycles. The SMILES string of the molecule is CNCC1(CN2CCC3CCC(C2)N3C)CCOCC1. The molecule has 0 radical (unpaired) electrons. The first-order valence-corrected chi connectivity index (χ1v) is 8.39. The highest BCUT2D eigenvalue weighted by molar-refractivity contribution is 4.94. The summed E-state index contributed by atoms with van der Waals surface area (Å²) in [6.07, 6.45) is 6.62. The Kier molecular flexibility index (Phi) is 4.65. The summed E-state index contributed by atoms with van der Waals surface area (Å²) in [6, 6.07) is 1.65. The number of likely N-dealkylation sites (tertiary alicyclic amines) is 1. The Labute approximate surface area is 123 Å². The van der Waals surface area contributed by atoms with E-state index >= 15 is 0 Å². The minimum atomic E-state index is 0.440. The lowest BCUT2D eigenvalue weighted by molar-refractivity contribution is -0.00463. The molecule has 3 fully saturated rings. The average Bonchev–Trinajstić information content (AvgIpc) is 2.69. The zero-order valence-corrected chi connectivity index (χ0v) is 13.2. The second-order valence-electron chi connectivity index (χ2n) is 7.22. The summed E-state index contributed by atoms with van der Waals surface area (Å²) in [7, 11) is 4.43. The maximum absolute atomic E-state index is 5.60. The van der Waals surface area contributed by atoms with Crippen LogP contribution in [0.2, 0.25) is 0 Å². The van der Waals surface area contributed by atoms with Crippen molar-refractivity contribution >= 4 is 0 Å². The van der Waals surface area contributed by atoms with Gasteiger partial charge in [0.05, 0.1) is 0 Å². The Morgan fingerprint density at radius 2 is 1.90 bits per heavy atom. The van der Waals surface area contributed by atoms with Crippen molar-refractivity contribution in [2.75, 3.05) is 53.5 Å². The molecule has 0 spiro atoms. The molecule has 2 atom stereocenters. The summed E-state index contributed by atoms with van der Waals surface area (Å²) in [6.45, 7) is 6.85. The Balaban J connectivity index is 1.63. The first-order chi connectivity index (χ1) is 9.72. The van der Waals surface area contributed by atoms with Crippen LogP contribution >= 0.6 is 0 Å². The lowest BCUT2D eigenvalue weighted by atomic mass is 9.79. The third-order valence-corrected chi connectivity index (χ3v) is 5.90. The molecule has 20 heavy (non-hydrogen) atoms. The molecule has 0 aromatic rings. The predicted octanol–water partition coefficient (Wildman–Crippen LogP) is 1.17. The summed E-state index contributed by atoms with van der Waals surface area (Å²) < 4.78 is 5.60. The molecule has 0 aromatic carbocycles. The lowest BCUT2D eigenvalue weighted by Crippen LogP contribution is -2.48. The largest absolute Gasteiger partial charge is 0.381 e. The fraction of sp³-hybridized carbons (Fsp3) is 1.00. The fourth-order valence-corrected chi connectivity index (χ4v) is 4.57.